The molecule has 2 aromatic carbocycles. The number of rotatable bonds is 24. The van der Waals surface area contributed by atoms with Gasteiger partial charge >= 0.3 is 0 Å². The molecule has 0 heterocycles. The van der Waals surface area contributed by atoms with Crippen LogP contribution in [0.2, 0.25) is 76.6 Å². The van der Waals surface area contributed by atoms with E-state index in [2.05, 4.69) is 64.5 Å². The van der Waals surface area contributed by atoms with Gasteiger partial charge in [0.15, 0.2) is 44.8 Å². The van der Waals surface area contributed by atoms with E-state index in [1.807, 2.05) is 25.1 Å². The summed E-state index contributed by atoms with van der Waals surface area (Å²) in [7, 11) is -5.03. The van der Waals surface area contributed by atoms with Crippen molar-refractivity contribution < 1.29 is 23.2 Å². The average molecular weight is 719 g/mol. The molecule has 0 saturated heterocycles. The highest BCUT2D eigenvalue weighted by Crippen LogP contribution is 2.30. The zero-order chi connectivity index (χ0) is 35.1. The van der Waals surface area contributed by atoms with E-state index in [-0.39, 0.29) is 5.75 Å². The van der Waals surface area contributed by atoms with E-state index in [4.69, 9.17) is 13.0 Å². The van der Waals surface area contributed by atoms with Gasteiger partial charge in [0.25, 0.3) is 0 Å². The van der Waals surface area contributed by atoms with Gasteiger partial charge < -0.3 is 23.2 Å². The summed E-state index contributed by atoms with van der Waals surface area (Å²) in [6, 6.07) is 16.6. The van der Waals surface area contributed by atoms with Gasteiger partial charge in [-0.25, -0.2) is 0 Å². The number of phenols is 2. The highest BCUT2D eigenvalue weighted by atomic mass is 28.4. The van der Waals surface area contributed by atoms with Crippen LogP contribution < -0.4 is 4.74 Å². The normalized spacial score (nSPS) is 12.9. The van der Waals surface area contributed by atoms with E-state index < -0.39 is 33.3 Å². The lowest BCUT2D eigenvalue weighted by Crippen LogP contribution is -2.44. The minimum atomic E-state index is -1.70. The topological polar surface area (TPSA) is 68.2 Å². The van der Waals surface area contributed by atoms with Crippen LogP contribution in [0.25, 0.3) is 0 Å². The molecule has 0 bridgehead atoms. The van der Waals surface area contributed by atoms with Crippen LogP contribution in [0.15, 0.2) is 36.4 Å². The Morgan fingerprint density at radius 3 is 1.26 bits per heavy atom. The van der Waals surface area contributed by atoms with Crippen LogP contribution in [-0.4, -0.2) is 50.6 Å². The van der Waals surface area contributed by atoms with Crippen molar-refractivity contribution in [3.05, 3.63) is 53.1 Å². The van der Waals surface area contributed by atoms with E-state index in [9.17, 15) is 10.2 Å². The molecule has 0 unspecified atom stereocenters. The molecule has 0 atom stereocenters. The summed E-state index contributed by atoms with van der Waals surface area (Å²) >= 11 is 0. The predicted octanol–water partition coefficient (Wildman–Crippen LogP) is 12.0. The molecule has 0 saturated carbocycles. The van der Waals surface area contributed by atoms with Gasteiger partial charge in [0, 0.05) is 0 Å². The second-order valence-electron chi connectivity index (χ2n) is 16.4. The second kappa shape index (κ2) is 19.7. The van der Waals surface area contributed by atoms with E-state index in [1.165, 1.54) is 93.1 Å². The Morgan fingerprint density at radius 1 is 0.489 bits per heavy atom. The van der Waals surface area contributed by atoms with Gasteiger partial charge in [0.2, 0.25) is 0 Å². The quantitative estimate of drug-likeness (QED) is 0.0835. The molecular weight excluding hydrogens is 649 g/mol. The Hall–Kier alpha value is -1.37. The lowest BCUT2D eigenvalue weighted by Gasteiger charge is -2.34. The number of unbranched alkanes of at least 4 members (excludes halogenated alkanes) is 7. The molecule has 2 N–H and O–H groups in total. The summed E-state index contributed by atoms with van der Waals surface area (Å²) in [5, 5.41) is 19.6. The zero-order valence-corrected chi connectivity index (χ0v) is 35.9. The molecule has 268 valence electrons. The van der Waals surface area contributed by atoms with Crippen molar-refractivity contribution >= 4 is 33.3 Å². The molecule has 0 radical (unpaired) electrons. The Labute approximate surface area is 293 Å². The molecule has 5 nitrogen and oxygen atoms in total. The number of aryl methyl sites for hydroxylation is 3. The molecule has 2 rings (SSSR count). The van der Waals surface area contributed by atoms with Crippen LogP contribution >= 0.6 is 0 Å². The molecule has 0 fully saturated rings. The van der Waals surface area contributed by atoms with Crippen LogP contribution in [0.1, 0.15) is 80.9 Å². The average Bonchev–Trinajstić information content (AvgIpc) is 2.95. The third kappa shape index (κ3) is 17.7. The Balaban J connectivity index is 1.53. The summed E-state index contributed by atoms with van der Waals surface area (Å²) in [6.07, 6.45) is 15.1. The van der Waals surface area contributed by atoms with Crippen LogP contribution in [0.5, 0.6) is 17.2 Å². The SMILES string of the molecule is COc1cc(CCC[Si](C)(C)O[Si](C)(C)CCCCCCCCCC[Si](C)(C)O[Si](C)(C)CCCc2ccc(O)c(C)c2)ccc1O. The van der Waals surface area contributed by atoms with Gasteiger partial charge in [-0.15, -0.1) is 0 Å². The summed E-state index contributed by atoms with van der Waals surface area (Å²) in [4.78, 5) is 0. The van der Waals surface area contributed by atoms with Crippen molar-refractivity contribution in [3.63, 3.8) is 0 Å². The van der Waals surface area contributed by atoms with Crippen molar-refractivity contribution in [2.24, 2.45) is 0 Å². The van der Waals surface area contributed by atoms with Gasteiger partial charge in [0.05, 0.1) is 7.11 Å². The minimum Gasteiger partial charge on any atom is -0.508 e. The van der Waals surface area contributed by atoms with Gasteiger partial charge in [-0.3, -0.25) is 0 Å². The number of hydrogen-bond acceptors (Lipinski definition) is 5. The monoisotopic (exact) mass is 718 g/mol. The molecular formula is C38H70O5Si4. The fourth-order valence-electron chi connectivity index (χ4n) is 7.05. The lowest BCUT2D eigenvalue weighted by molar-refractivity contribution is 0.373. The predicted molar refractivity (Wildman–Crippen MR) is 212 cm³/mol. The number of phenolic OH excluding ortho intramolecular Hbond substituents is 2. The standard InChI is InChI=1S/C38H70O5Si4/c1-33-31-34(23-25-36(33)39)21-19-29-46(7,8)42-44(3,4)27-17-15-13-11-12-14-16-18-28-45(5,6)43-47(9,10)30-20-22-35-24-26-37(40)38(32-35)41-2/h23-26,31-32,39-40H,11-22,27-30H2,1-10H3. The summed E-state index contributed by atoms with van der Waals surface area (Å²) < 4.78 is 19.1. The first-order valence-corrected chi connectivity index (χ1v) is 30.9. The van der Waals surface area contributed by atoms with Crippen LogP contribution in [0, 0.1) is 6.92 Å². The first kappa shape index (κ1) is 41.8. The molecule has 47 heavy (non-hydrogen) atoms. The maximum Gasteiger partial charge on any atom is 0.173 e. The maximum atomic E-state index is 9.84. The highest BCUT2D eigenvalue weighted by Gasteiger charge is 2.33. The summed E-state index contributed by atoms with van der Waals surface area (Å²) in [5.41, 5.74) is 3.50. The summed E-state index contributed by atoms with van der Waals surface area (Å²) in [6.45, 7) is 21.3. The molecule has 9 heteroatoms. The molecule has 0 aliphatic carbocycles. The van der Waals surface area contributed by atoms with Crippen molar-refractivity contribution in [1.29, 1.82) is 0 Å². The highest BCUT2D eigenvalue weighted by molar-refractivity contribution is 6.85. The Kier molecular flexibility index (Phi) is 17.5. The number of methoxy groups -OCH3 is 1. The van der Waals surface area contributed by atoms with Gasteiger partial charge in [-0.2, -0.15) is 0 Å². The maximum absolute atomic E-state index is 9.84. The van der Waals surface area contributed by atoms with E-state index in [1.54, 1.807) is 13.2 Å². The fourth-order valence-corrected chi connectivity index (χ4v) is 24.9. The second-order valence-corrected chi connectivity index (χ2v) is 34.1. The first-order chi connectivity index (χ1) is 21.9. The van der Waals surface area contributed by atoms with Crippen molar-refractivity contribution in [2.75, 3.05) is 7.11 Å². The Bertz CT molecular complexity index is 1200. The van der Waals surface area contributed by atoms with Crippen LogP contribution in [0.4, 0.5) is 0 Å². The largest absolute Gasteiger partial charge is 0.508 e. The van der Waals surface area contributed by atoms with E-state index >= 15 is 0 Å². The fraction of sp³-hybridized carbons (Fsp3) is 0.684. The molecule has 0 aromatic heterocycles. The zero-order valence-electron chi connectivity index (χ0n) is 31.9. The van der Waals surface area contributed by atoms with Crippen molar-refractivity contribution in [2.45, 2.75) is 161 Å². The van der Waals surface area contributed by atoms with E-state index in [0.29, 0.717) is 11.5 Å². The molecule has 0 spiro atoms. The molecule has 0 aliphatic rings. The molecule has 2 aromatic rings. The van der Waals surface area contributed by atoms with Crippen molar-refractivity contribution in [3.8, 4) is 17.2 Å². The van der Waals surface area contributed by atoms with E-state index in [0.717, 1.165) is 24.8 Å². The minimum absolute atomic E-state index is 0.205. The molecule has 0 aliphatic heterocycles. The number of hydrogen-bond donors (Lipinski definition) is 2. The third-order valence-electron chi connectivity index (χ3n) is 9.41. The number of benzene rings is 2. The first-order valence-electron chi connectivity index (χ1n) is 18.5. The van der Waals surface area contributed by atoms with Gasteiger partial charge in [-0.1, -0.05) is 69.6 Å². The van der Waals surface area contributed by atoms with Crippen LogP contribution in [0.3, 0.4) is 0 Å². The lowest BCUT2D eigenvalue weighted by atomic mass is 10.1. The summed E-state index contributed by atoms with van der Waals surface area (Å²) in [5.74, 6) is 1.15. The van der Waals surface area contributed by atoms with Gasteiger partial charge in [-0.05, 0) is 144 Å². The Morgan fingerprint density at radius 2 is 0.851 bits per heavy atom. The number of ether oxygens (including phenoxy) is 1. The smallest absolute Gasteiger partial charge is 0.173 e. The van der Waals surface area contributed by atoms with Crippen LogP contribution in [-0.2, 0) is 21.1 Å². The third-order valence-corrected chi connectivity index (χ3v) is 24.5. The number of aromatic hydroxyl groups is 2. The van der Waals surface area contributed by atoms with Crippen molar-refractivity contribution in [1.82, 2.24) is 0 Å². The van der Waals surface area contributed by atoms with Gasteiger partial charge in [0.1, 0.15) is 5.75 Å². The molecule has 0 amide bonds.